The molecule has 0 fully saturated rings. The molecule has 0 aromatic carbocycles. The predicted octanol–water partition coefficient (Wildman–Crippen LogP) is -1.21. The molecule has 1 atom stereocenters. The molecule has 0 saturated heterocycles. The SMILES string of the molecule is CCCN(C)C([SiH3])(CNC)NC. The summed E-state index contributed by atoms with van der Waals surface area (Å²) in [5.41, 5.74) is 0. The van der Waals surface area contributed by atoms with Crippen molar-refractivity contribution in [1.29, 1.82) is 0 Å². The van der Waals surface area contributed by atoms with Gasteiger partial charge in [-0.25, -0.2) is 0 Å². The summed E-state index contributed by atoms with van der Waals surface area (Å²) >= 11 is 0. The Balaban J connectivity index is 4.08. The van der Waals surface area contributed by atoms with Gasteiger partial charge in [0, 0.05) is 16.8 Å². The number of rotatable bonds is 6. The van der Waals surface area contributed by atoms with Gasteiger partial charge in [-0.2, -0.15) is 0 Å². The quantitative estimate of drug-likeness (QED) is 0.405. The van der Waals surface area contributed by atoms with E-state index in [1.807, 2.05) is 14.1 Å². The number of hydrogen-bond acceptors (Lipinski definition) is 3. The second kappa shape index (κ2) is 5.69. The summed E-state index contributed by atoms with van der Waals surface area (Å²) in [5, 5.41) is 6.83. The maximum Gasteiger partial charge on any atom is 0.0616 e. The van der Waals surface area contributed by atoms with Crippen LogP contribution in [0.2, 0.25) is 0 Å². The topological polar surface area (TPSA) is 27.3 Å². The Morgan fingerprint density at radius 2 is 2.00 bits per heavy atom. The summed E-state index contributed by atoms with van der Waals surface area (Å²) in [5.74, 6) is 0. The highest BCUT2D eigenvalue weighted by Crippen LogP contribution is 2.03. The first-order valence-corrected chi connectivity index (χ1v) is 5.65. The third kappa shape index (κ3) is 3.22. The highest BCUT2D eigenvalue weighted by Gasteiger charge is 2.24. The van der Waals surface area contributed by atoms with Crippen LogP contribution in [0, 0.1) is 0 Å². The van der Waals surface area contributed by atoms with Gasteiger partial charge < -0.3 is 10.6 Å². The lowest BCUT2D eigenvalue weighted by Gasteiger charge is -2.38. The smallest absolute Gasteiger partial charge is 0.0616 e. The minimum absolute atomic E-state index is 0.213. The van der Waals surface area contributed by atoms with Crippen LogP contribution in [-0.4, -0.2) is 54.7 Å². The largest absolute Gasteiger partial charge is 0.317 e. The van der Waals surface area contributed by atoms with Gasteiger partial charge in [-0.1, -0.05) is 6.92 Å². The van der Waals surface area contributed by atoms with E-state index in [0.29, 0.717) is 0 Å². The van der Waals surface area contributed by atoms with Gasteiger partial charge in [-0.05, 0) is 34.1 Å². The van der Waals surface area contributed by atoms with Crippen molar-refractivity contribution < 1.29 is 0 Å². The van der Waals surface area contributed by atoms with E-state index in [9.17, 15) is 0 Å². The summed E-state index contributed by atoms with van der Waals surface area (Å²) in [7, 11) is 7.36. The van der Waals surface area contributed by atoms with Crippen LogP contribution < -0.4 is 10.6 Å². The molecule has 0 rings (SSSR count). The molecular formula is C8H23N3Si. The lowest BCUT2D eigenvalue weighted by Crippen LogP contribution is -2.62. The molecule has 0 aliphatic heterocycles. The van der Waals surface area contributed by atoms with Crippen molar-refractivity contribution in [1.82, 2.24) is 15.5 Å². The molecule has 0 bridgehead atoms. The molecule has 0 radical (unpaired) electrons. The molecule has 0 aromatic heterocycles. The molecule has 0 aromatic rings. The highest BCUT2D eigenvalue weighted by molar-refractivity contribution is 6.15. The molecule has 1 unspecified atom stereocenters. The van der Waals surface area contributed by atoms with Gasteiger partial charge in [0.25, 0.3) is 0 Å². The van der Waals surface area contributed by atoms with Crippen molar-refractivity contribution in [2.75, 3.05) is 34.2 Å². The van der Waals surface area contributed by atoms with Crippen LogP contribution in [0.3, 0.4) is 0 Å². The van der Waals surface area contributed by atoms with E-state index in [2.05, 4.69) is 29.5 Å². The highest BCUT2D eigenvalue weighted by atomic mass is 28.1. The number of likely N-dealkylation sites (N-methyl/N-ethyl adjacent to an activating group) is 3. The van der Waals surface area contributed by atoms with Crippen molar-refractivity contribution in [3.8, 4) is 0 Å². The van der Waals surface area contributed by atoms with Gasteiger partial charge in [0.2, 0.25) is 0 Å². The normalized spacial score (nSPS) is 16.8. The number of nitrogens with zero attached hydrogens (tertiary/aromatic N) is 1. The molecule has 4 heteroatoms. The van der Waals surface area contributed by atoms with Crippen LogP contribution in [0.1, 0.15) is 13.3 Å². The molecule has 2 N–H and O–H groups in total. The van der Waals surface area contributed by atoms with E-state index in [0.717, 1.165) is 23.3 Å². The van der Waals surface area contributed by atoms with E-state index >= 15 is 0 Å². The third-order valence-corrected chi connectivity index (χ3v) is 4.08. The lowest BCUT2D eigenvalue weighted by atomic mass is 10.3. The van der Waals surface area contributed by atoms with E-state index in [-0.39, 0.29) is 5.29 Å². The van der Waals surface area contributed by atoms with E-state index in [1.165, 1.54) is 6.42 Å². The van der Waals surface area contributed by atoms with Crippen molar-refractivity contribution in [2.45, 2.75) is 18.6 Å². The summed E-state index contributed by atoms with van der Waals surface area (Å²) < 4.78 is 0. The monoisotopic (exact) mass is 189 g/mol. The predicted molar refractivity (Wildman–Crippen MR) is 58.6 cm³/mol. The molecule has 0 heterocycles. The fourth-order valence-electron chi connectivity index (χ4n) is 1.34. The maximum atomic E-state index is 3.39. The third-order valence-electron chi connectivity index (χ3n) is 2.46. The zero-order chi connectivity index (χ0) is 9.61. The van der Waals surface area contributed by atoms with Crippen LogP contribution in [0.15, 0.2) is 0 Å². The van der Waals surface area contributed by atoms with Crippen LogP contribution in [0.4, 0.5) is 0 Å². The van der Waals surface area contributed by atoms with Gasteiger partial charge >= 0.3 is 0 Å². The maximum absolute atomic E-state index is 3.39. The second-order valence-electron chi connectivity index (χ2n) is 3.48. The first kappa shape index (κ1) is 12.1. The fraction of sp³-hybridized carbons (Fsp3) is 1.00. The van der Waals surface area contributed by atoms with Crippen molar-refractivity contribution in [2.24, 2.45) is 0 Å². The number of hydrogen-bond donors (Lipinski definition) is 2. The summed E-state index contributed by atoms with van der Waals surface area (Å²) in [6, 6.07) is 0. The first-order valence-electron chi connectivity index (χ1n) is 4.65. The molecule has 0 aliphatic carbocycles. The van der Waals surface area contributed by atoms with Crippen LogP contribution in [-0.2, 0) is 0 Å². The average molecular weight is 189 g/mol. The molecular weight excluding hydrogens is 166 g/mol. The summed E-state index contributed by atoms with van der Waals surface area (Å²) in [6.45, 7) is 4.39. The van der Waals surface area contributed by atoms with Gasteiger partial charge in [0.15, 0.2) is 0 Å². The van der Waals surface area contributed by atoms with E-state index in [4.69, 9.17) is 0 Å². The fourth-order valence-corrected chi connectivity index (χ4v) is 1.92. The van der Waals surface area contributed by atoms with Gasteiger partial charge in [0.1, 0.15) is 0 Å². The van der Waals surface area contributed by atoms with Crippen molar-refractivity contribution in [3.63, 3.8) is 0 Å². The standard InChI is InChI=1S/C8H23N3Si/c1-5-6-11(4)8(12,10-3)7-9-2/h9-10H,5-7H2,1-4,12H3. The zero-order valence-electron chi connectivity index (χ0n) is 9.07. The van der Waals surface area contributed by atoms with Crippen LogP contribution >= 0.6 is 0 Å². The molecule has 12 heavy (non-hydrogen) atoms. The molecule has 3 nitrogen and oxygen atoms in total. The Hall–Kier alpha value is 0.0969. The van der Waals surface area contributed by atoms with Crippen LogP contribution in [0.5, 0.6) is 0 Å². The Kier molecular flexibility index (Phi) is 5.74. The molecule has 0 saturated carbocycles. The van der Waals surface area contributed by atoms with Crippen molar-refractivity contribution >= 4 is 10.2 Å². The molecule has 74 valence electrons. The Labute approximate surface area is 79.3 Å². The van der Waals surface area contributed by atoms with E-state index < -0.39 is 0 Å². The van der Waals surface area contributed by atoms with Crippen molar-refractivity contribution in [3.05, 3.63) is 0 Å². The van der Waals surface area contributed by atoms with Gasteiger partial charge in [-0.3, -0.25) is 4.90 Å². The summed E-state index contributed by atoms with van der Waals surface area (Å²) in [4.78, 5) is 2.40. The second-order valence-corrected chi connectivity index (χ2v) is 5.13. The molecule has 0 amide bonds. The lowest BCUT2D eigenvalue weighted by molar-refractivity contribution is 0.171. The minimum atomic E-state index is 0.213. The van der Waals surface area contributed by atoms with E-state index in [1.54, 1.807) is 0 Å². The van der Waals surface area contributed by atoms with Gasteiger partial charge in [-0.15, -0.1) is 0 Å². The Morgan fingerprint density at radius 1 is 1.42 bits per heavy atom. The first-order chi connectivity index (χ1) is 5.60. The van der Waals surface area contributed by atoms with Gasteiger partial charge in [0.05, 0.1) is 5.29 Å². The Bertz CT molecular complexity index is 121. The average Bonchev–Trinajstić information content (AvgIpc) is 2.05. The molecule has 0 aliphatic rings. The molecule has 0 spiro atoms. The number of nitrogens with one attached hydrogen (secondary N) is 2. The van der Waals surface area contributed by atoms with Crippen LogP contribution in [0.25, 0.3) is 0 Å². The zero-order valence-corrected chi connectivity index (χ0v) is 11.1. The summed E-state index contributed by atoms with van der Waals surface area (Å²) in [6.07, 6.45) is 1.21. The minimum Gasteiger partial charge on any atom is -0.317 e. The Morgan fingerprint density at radius 3 is 2.33 bits per heavy atom.